The maximum Gasteiger partial charge on any atom is 0.271 e. The fourth-order valence-electron chi connectivity index (χ4n) is 1.59. The Kier molecular flexibility index (Phi) is 4.70. The van der Waals surface area contributed by atoms with E-state index in [2.05, 4.69) is 10.5 Å². The number of rotatable bonds is 4. The van der Waals surface area contributed by atoms with Crippen LogP contribution < -0.4 is 10.5 Å². The van der Waals surface area contributed by atoms with Crippen molar-refractivity contribution in [2.24, 2.45) is 5.10 Å². The molecule has 0 saturated carbocycles. The van der Waals surface area contributed by atoms with E-state index >= 15 is 0 Å². The van der Waals surface area contributed by atoms with Crippen LogP contribution in [0.2, 0.25) is 5.02 Å². The highest BCUT2D eigenvalue weighted by molar-refractivity contribution is 6.30. The Morgan fingerprint density at radius 3 is 2.55 bits per heavy atom. The molecule has 2 aromatic carbocycles. The predicted octanol–water partition coefficient (Wildman–Crippen LogP) is 2.09. The van der Waals surface area contributed by atoms with E-state index < -0.39 is 22.3 Å². The molecule has 0 aliphatic heterocycles. The van der Waals surface area contributed by atoms with Crippen molar-refractivity contribution in [1.82, 2.24) is 5.43 Å². The summed E-state index contributed by atoms with van der Waals surface area (Å²) >= 11 is 5.71. The van der Waals surface area contributed by atoms with E-state index in [-0.39, 0.29) is 0 Å². The molecule has 2 rings (SSSR count). The lowest BCUT2D eigenvalue weighted by molar-refractivity contribution is -0.398. The maximum atomic E-state index is 11.7. The topological polar surface area (TPSA) is 108 Å². The summed E-state index contributed by atoms with van der Waals surface area (Å²) in [4.78, 5) is 21.6. The number of carbonyl (C=O) groups excluding carboxylic acids is 1. The van der Waals surface area contributed by atoms with Gasteiger partial charge in [-0.15, -0.1) is 0 Å². The monoisotopic (exact) mass is 318 g/mol. The first-order valence-corrected chi connectivity index (χ1v) is 6.39. The van der Waals surface area contributed by atoms with Gasteiger partial charge in [-0.2, -0.15) is 5.10 Å². The van der Waals surface area contributed by atoms with Crippen LogP contribution in [-0.2, 0) is 0 Å². The second-order valence-electron chi connectivity index (χ2n) is 4.19. The Hall–Kier alpha value is -2.93. The third-order valence-corrected chi connectivity index (χ3v) is 2.92. The van der Waals surface area contributed by atoms with Crippen LogP contribution in [0.5, 0.6) is 5.75 Å². The first-order chi connectivity index (χ1) is 10.5. The van der Waals surface area contributed by atoms with Crippen LogP contribution in [-0.4, -0.2) is 17.0 Å². The molecule has 0 radical (unpaired) electrons. The van der Waals surface area contributed by atoms with E-state index in [1.165, 1.54) is 24.4 Å². The van der Waals surface area contributed by atoms with Gasteiger partial charge >= 0.3 is 0 Å². The van der Waals surface area contributed by atoms with E-state index in [1.54, 1.807) is 12.1 Å². The van der Waals surface area contributed by atoms with Gasteiger partial charge in [0.05, 0.1) is 11.1 Å². The summed E-state index contributed by atoms with van der Waals surface area (Å²) in [7, 11) is 0. The second kappa shape index (κ2) is 6.68. The quantitative estimate of drug-likeness (QED) is 0.529. The lowest BCUT2D eigenvalue weighted by Crippen LogP contribution is -2.17. The van der Waals surface area contributed by atoms with Crippen molar-refractivity contribution < 1.29 is 14.8 Å². The number of nitro groups is 1. The van der Waals surface area contributed by atoms with Crippen molar-refractivity contribution in [2.45, 2.75) is 0 Å². The lowest BCUT2D eigenvalue weighted by Gasteiger charge is -2.06. The van der Waals surface area contributed by atoms with Crippen molar-refractivity contribution in [3.05, 3.63) is 68.7 Å². The fraction of sp³-hybridized carbons (Fsp3) is 0. The smallest absolute Gasteiger partial charge is 0.271 e. The number of nitrogens with one attached hydrogen (secondary N) is 1. The molecule has 1 N–H and O–H groups in total. The first kappa shape index (κ1) is 15.5. The molecule has 7 nitrogen and oxygen atoms in total. The third-order valence-electron chi connectivity index (χ3n) is 2.67. The van der Waals surface area contributed by atoms with Gasteiger partial charge in [-0.05, 0) is 30.0 Å². The molecule has 0 spiro atoms. The zero-order valence-electron chi connectivity index (χ0n) is 11.0. The number of benzene rings is 2. The molecule has 0 saturated heterocycles. The molecule has 2 aromatic rings. The standard InChI is InChI=1S/C14H10ClN3O4/c15-11-4-2-10(3-5-11)14(20)17-16-8-9-1-6-13(19)12(7-9)18(21)22/h1-8,19H,(H,17,20)/p-1/b16-8-. The maximum absolute atomic E-state index is 11.7. The molecule has 0 aliphatic carbocycles. The second-order valence-corrected chi connectivity index (χ2v) is 4.63. The van der Waals surface area contributed by atoms with Gasteiger partial charge in [0.25, 0.3) is 11.6 Å². The normalized spacial score (nSPS) is 10.6. The Labute approximate surface area is 130 Å². The van der Waals surface area contributed by atoms with Crippen LogP contribution in [0.15, 0.2) is 47.6 Å². The lowest BCUT2D eigenvalue weighted by atomic mass is 10.2. The molecule has 0 bridgehead atoms. The van der Waals surface area contributed by atoms with Gasteiger partial charge in [0.1, 0.15) is 0 Å². The number of hydrazone groups is 1. The number of hydrogen-bond acceptors (Lipinski definition) is 5. The summed E-state index contributed by atoms with van der Waals surface area (Å²) < 4.78 is 0. The average molecular weight is 319 g/mol. The largest absolute Gasteiger partial charge is 0.868 e. The zero-order valence-corrected chi connectivity index (χ0v) is 11.8. The third kappa shape index (κ3) is 3.80. The van der Waals surface area contributed by atoms with Crippen LogP contribution in [0.4, 0.5) is 5.69 Å². The predicted molar refractivity (Wildman–Crippen MR) is 79.1 cm³/mol. The van der Waals surface area contributed by atoms with Crippen molar-refractivity contribution >= 4 is 29.4 Å². The summed E-state index contributed by atoms with van der Waals surface area (Å²) in [5.74, 6) is -1.14. The van der Waals surface area contributed by atoms with Crippen LogP contribution >= 0.6 is 11.6 Å². The molecule has 112 valence electrons. The molecule has 1 amide bonds. The van der Waals surface area contributed by atoms with E-state index in [0.29, 0.717) is 16.1 Å². The Bertz CT molecular complexity index is 744. The SMILES string of the molecule is O=C(N/N=C\c1ccc([O-])c([N+](=O)[O-])c1)c1ccc(Cl)cc1. The van der Waals surface area contributed by atoms with Crippen molar-refractivity contribution in [3.8, 4) is 5.75 Å². The van der Waals surface area contributed by atoms with Crippen LogP contribution in [0.25, 0.3) is 0 Å². The number of hydrogen-bond donors (Lipinski definition) is 1. The number of nitro benzene ring substituents is 1. The van der Waals surface area contributed by atoms with Crippen LogP contribution in [0.1, 0.15) is 15.9 Å². The van der Waals surface area contributed by atoms with E-state index in [4.69, 9.17) is 11.6 Å². The van der Waals surface area contributed by atoms with Crippen molar-refractivity contribution in [2.75, 3.05) is 0 Å². The summed E-state index contributed by atoms with van der Waals surface area (Å²) in [5, 5.41) is 26.1. The number of amides is 1. The number of nitrogens with zero attached hydrogens (tertiary/aromatic N) is 2. The minimum absolute atomic E-state index is 0.322. The molecule has 0 unspecified atom stereocenters. The van der Waals surface area contributed by atoms with Gasteiger partial charge in [0.15, 0.2) is 0 Å². The molecule has 0 aliphatic rings. The summed E-state index contributed by atoms with van der Waals surface area (Å²) in [6.07, 6.45) is 1.21. The van der Waals surface area contributed by atoms with Gasteiger partial charge in [0, 0.05) is 22.2 Å². The average Bonchev–Trinajstić information content (AvgIpc) is 2.49. The minimum atomic E-state index is -0.772. The summed E-state index contributed by atoms with van der Waals surface area (Å²) in [6.45, 7) is 0. The van der Waals surface area contributed by atoms with Gasteiger partial charge in [0.2, 0.25) is 0 Å². The highest BCUT2D eigenvalue weighted by atomic mass is 35.5. The minimum Gasteiger partial charge on any atom is -0.868 e. The number of carbonyl (C=O) groups is 1. The van der Waals surface area contributed by atoms with Gasteiger partial charge < -0.3 is 5.11 Å². The summed E-state index contributed by atoms with van der Waals surface area (Å²) in [5.41, 5.74) is 2.41. The molecule has 8 heteroatoms. The molecule has 22 heavy (non-hydrogen) atoms. The van der Waals surface area contributed by atoms with Crippen LogP contribution in [0.3, 0.4) is 0 Å². The van der Waals surface area contributed by atoms with Crippen molar-refractivity contribution in [3.63, 3.8) is 0 Å². The van der Waals surface area contributed by atoms with Crippen molar-refractivity contribution in [1.29, 1.82) is 0 Å². The van der Waals surface area contributed by atoms with Gasteiger partial charge in [-0.25, -0.2) is 5.43 Å². The van der Waals surface area contributed by atoms with E-state index in [1.807, 2.05) is 0 Å². The highest BCUT2D eigenvalue weighted by Crippen LogP contribution is 2.22. The first-order valence-electron chi connectivity index (χ1n) is 6.02. The fourth-order valence-corrected chi connectivity index (χ4v) is 1.71. The molecule has 0 aromatic heterocycles. The van der Waals surface area contributed by atoms with E-state index in [0.717, 1.165) is 12.1 Å². The highest BCUT2D eigenvalue weighted by Gasteiger charge is 2.07. The Balaban J connectivity index is 2.06. The van der Waals surface area contributed by atoms with E-state index in [9.17, 15) is 20.0 Å². The Morgan fingerprint density at radius 2 is 1.91 bits per heavy atom. The molecule has 0 fully saturated rings. The van der Waals surface area contributed by atoms with Gasteiger partial charge in [-0.3, -0.25) is 14.9 Å². The Morgan fingerprint density at radius 1 is 1.23 bits per heavy atom. The molecule has 0 heterocycles. The van der Waals surface area contributed by atoms with Crippen LogP contribution in [0, 0.1) is 10.1 Å². The molecule has 0 atom stereocenters. The number of halogens is 1. The van der Waals surface area contributed by atoms with Gasteiger partial charge in [-0.1, -0.05) is 23.7 Å². The molecular weight excluding hydrogens is 310 g/mol. The summed E-state index contributed by atoms with van der Waals surface area (Å²) in [6, 6.07) is 9.72. The molecular formula is C14H9ClN3O4-. The zero-order chi connectivity index (χ0) is 16.1.